The maximum absolute atomic E-state index is 11.2. The quantitative estimate of drug-likeness (QED) is 0.793. The van der Waals surface area contributed by atoms with Gasteiger partial charge in [0, 0.05) is 12.4 Å². The van der Waals surface area contributed by atoms with Crippen LogP contribution in [0, 0.1) is 5.92 Å². The number of carboxylic acids is 1. The van der Waals surface area contributed by atoms with Crippen LogP contribution in [0.5, 0.6) is 5.88 Å². The van der Waals surface area contributed by atoms with E-state index in [2.05, 4.69) is 21.9 Å². The average Bonchev–Trinajstić information content (AvgIpc) is 3.19. The Balaban J connectivity index is 1.96. The van der Waals surface area contributed by atoms with E-state index in [0.717, 1.165) is 17.4 Å². The van der Waals surface area contributed by atoms with Crippen LogP contribution < -0.4 is 4.74 Å². The predicted molar refractivity (Wildman–Crippen MR) is 86.7 cm³/mol. The molecule has 0 spiro atoms. The van der Waals surface area contributed by atoms with Gasteiger partial charge >= 0.3 is 5.97 Å². The highest BCUT2D eigenvalue weighted by Crippen LogP contribution is 2.50. The third-order valence-corrected chi connectivity index (χ3v) is 4.52. The second-order valence-electron chi connectivity index (χ2n) is 6.06. The molecule has 0 bridgehead atoms. The lowest BCUT2D eigenvalue weighted by Gasteiger charge is -2.05. The minimum Gasteiger partial charge on any atom is -0.480 e. The Morgan fingerprint density at radius 2 is 2.17 bits per heavy atom. The summed E-state index contributed by atoms with van der Waals surface area (Å²) in [5, 5.41) is 10.1. The summed E-state index contributed by atoms with van der Waals surface area (Å²) in [6.07, 6.45) is 6.02. The van der Waals surface area contributed by atoms with Crippen molar-refractivity contribution in [3.8, 4) is 11.7 Å². The molecule has 122 valence electrons. The molecule has 0 aliphatic heterocycles. The number of aromatic nitrogens is 4. The van der Waals surface area contributed by atoms with Crippen molar-refractivity contribution in [2.45, 2.75) is 19.3 Å². The molecule has 2 atom stereocenters. The molecular weight excluding hydrogens is 308 g/mol. The molecule has 3 heterocycles. The summed E-state index contributed by atoms with van der Waals surface area (Å²) in [6, 6.07) is 3.01. The largest absolute Gasteiger partial charge is 0.480 e. The van der Waals surface area contributed by atoms with Crippen molar-refractivity contribution in [2.75, 3.05) is 7.11 Å². The lowest BCUT2D eigenvalue weighted by molar-refractivity contribution is 0.0696. The standard InChI is InChI=1S/C17H16N4O3/c1-9-5-11(9)12-7-21(13-6-10(17(22)23)3-4-18-13)15-14(12)16(24-2)20-8-19-15/h3-4,6-9,11H,5H2,1-2H3,(H,22,23). The highest BCUT2D eigenvalue weighted by molar-refractivity contribution is 5.89. The Morgan fingerprint density at radius 1 is 1.38 bits per heavy atom. The van der Waals surface area contributed by atoms with Crippen molar-refractivity contribution in [3.05, 3.63) is 42.0 Å². The van der Waals surface area contributed by atoms with Crippen molar-refractivity contribution in [3.63, 3.8) is 0 Å². The van der Waals surface area contributed by atoms with Gasteiger partial charge in [0.2, 0.25) is 5.88 Å². The topological polar surface area (TPSA) is 90.1 Å². The minimum absolute atomic E-state index is 0.184. The van der Waals surface area contributed by atoms with Gasteiger partial charge in [-0.2, -0.15) is 0 Å². The molecule has 7 nitrogen and oxygen atoms in total. The van der Waals surface area contributed by atoms with Crippen molar-refractivity contribution in [2.24, 2.45) is 5.92 Å². The van der Waals surface area contributed by atoms with Gasteiger partial charge in [0.25, 0.3) is 0 Å². The summed E-state index contributed by atoms with van der Waals surface area (Å²) in [7, 11) is 1.59. The fraction of sp³-hybridized carbons (Fsp3) is 0.294. The summed E-state index contributed by atoms with van der Waals surface area (Å²) < 4.78 is 7.23. The van der Waals surface area contributed by atoms with Crippen molar-refractivity contribution in [1.29, 1.82) is 0 Å². The van der Waals surface area contributed by atoms with E-state index < -0.39 is 5.97 Å². The Morgan fingerprint density at radius 3 is 2.83 bits per heavy atom. The Labute approximate surface area is 138 Å². The summed E-state index contributed by atoms with van der Waals surface area (Å²) >= 11 is 0. The molecule has 3 aromatic heterocycles. The number of methoxy groups -OCH3 is 1. The maximum Gasteiger partial charge on any atom is 0.335 e. The van der Waals surface area contributed by atoms with E-state index in [4.69, 9.17) is 4.74 Å². The van der Waals surface area contributed by atoms with Crippen LogP contribution in [0.25, 0.3) is 16.9 Å². The second kappa shape index (κ2) is 5.30. The van der Waals surface area contributed by atoms with Gasteiger partial charge in [0.05, 0.1) is 18.1 Å². The van der Waals surface area contributed by atoms with E-state index in [1.165, 1.54) is 24.7 Å². The van der Waals surface area contributed by atoms with Crippen LogP contribution in [0.4, 0.5) is 0 Å². The van der Waals surface area contributed by atoms with Gasteiger partial charge in [-0.25, -0.2) is 19.7 Å². The Hall–Kier alpha value is -2.96. The first kappa shape index (κ1) is 14.6. The van der Waals surface area contributed by atoms with Gasteiger partial charge in [-0.15, -0.1) is 0 Å². The number of carbonyl (C=O) groups is 1. The van der Waals surface area contributed by atoms with Gasteiger partial charge in [0.15, 0.2) is 5.65 Å². The average molecular weight is 324 g/mol. The summed E-state index contributed by atoms with van der Waals surface area (Å²) in [4.78, 5) is 24.1. The van der Waals surface area contributed by atoms with E-state index in [9.17, 15) is 9.90 Å². The van der Waals surface area contributed by atoms with Crippen molar-refractivity contribution < 1.29 is 14.6 Å². The maximum atomic E-state index is 11.2. The normalized spacial score (nSPS) is 19.4. The van der Waals surface area contributed by atoms with Crippen LogP contribution in [-0.2, 0) is 0 Å². The fourth-order valence-corrected chi connectivity index (χ4v) is 3.11. The first-order valence-corrected chi connectivity index (χ1v) is 7.69. The van der Waals surface area contributed by atoms with E-state index in [-0.39, 0.29) is 5.56 Å². The van der Waals surface area contributed by atoms with Gasteiger partial charge in [-0.05, 0) is 36.0 Å². The fourth-order valence-electron chi connectivity index (χ4n) is 3.11. The number of hydrogen-bond acceptors (Lipinski definition) is 5. The number of fused-ring (bicyclic) bond motifs is 1. The Bertz CT molecular complexity index is 950. The van der Waals surface area contributed by atoms with Gasteiger partial charge < -0.3 is 9.84 Å². The number of hydrogen-bond donors (Lipinski definition) is 1. The molecule has 1 aliphatic carbocycles. The third kappa shape index (κ3) is 2.20. The molecule has 2 unspecified atom stereocenters. The van der Waals surface area contributed by atoms with Crippen LogP contribution in [0.1, 0.15) is 35.2 Å². The Kier molecular flexibility index (Phi) is 3.23. The molecule has 7 heteroatoms. The monoisotopic (exact) mass is 324 g/mol. The summed E-state index contributed by atoms with van der Waals surface area (Å²) in [5.74, 6) is 1.10. The molecule has 0 aromatic carbocycles. The van der Waals surface area contributed by atoms with Crippen LogP contribution >= 0.6 is 0 Å². The zero-order valence-corrected chi connectivity index (χ0v) is 13.3. The highest BCUT2D eigenvalue weighted by Gasteiger charge is 2.37. The van der Waals surface area contributed by atoms with E-state index in [1.807, 2.05) is 10.8 Å². The van der Waals surface area contributed by atoms with Crippen molar-refractivity contribution in [1.82, 2.24) is 19.5 Å². The van der Waals surface area contributed by atoms with Crippen LogP contribution in [0.2, 0.25) is 0 Å². The van der Waals surface area contributed by atoms with Crippen LogP contribution in [0.15, 0.2) is 30.9 Å². The SMILES string of the molecule is COc1ncnc2c1c(C1CC1C)cn2-c1cc(C(=O)O)ccn1. The zero-order valence-electron chi connectivity index (χ0n) is 13.3. The molecule has 24 heavy (non-hydrogen) atoms. The number of aromatic carboxylic acids is 1. The molecule has 1 saturated carbocycles. The smallest absolute Gasteiger partial charge is 0.335 e. The number of nitrogens with zero attached hydrogens (tertiary/aromatic N) is 4. The number of rotatable bonds is 4. The lowest BCUT2D eigenvalue weighted by atomic mass is 10.1. The van der Waals surface area contributed by atoms with E-state index in [0.29, 0.717) is 29.2 Å². The molecule has 1 fully saturated rings. The third-order valence-electron chi connectivity index (χ3n) is 4.52. The molecule has 0 saturated heterocycles. The van der Waals surface area contributed by atoms with Crippen molar-refractivity contribution >= 4 is 17.0 Å². The van der Waals surface area contributed by atoms with Crippen LogP contribution in [-0.4, -0.2) is 37.7 Å². The molecule has 3 aromatic rings. The van der Waals surface area contributed by atoms with E-state index in [1.54, 1.807) is 7.11 Å². The molecular formula is C17H16N4O3. The van der Waals surface area contributed by atoms with E-state index >= 15 is 0 Å². The highest BCUT2D eigenvalue weighted by atomic mass is 16.5. The second-order valence-corrected chi connectivity index (χ2v) is 6.06. The first-order valence-electron chi connectivity index (χ1n) is 7.69. The summed E-state index contributed by atoms with van der Waals surface area (Å²) in [6.45, 7) is 2.20. The zero-order chi connectivity index (χ0) is 16.8. The molecule has 4 rings (SSSR count). The number of pyridine rings is 1. The van der Waals surface area contributed by atoms with Gasteiger partial charge in [-0.1, -0.05) is 6.92 Å². The van der Waals surface area contributed by atoms with Gasteiger partial charge in [0.1, 0.15) is 12.1 Å². The first-order chi connectivity index (χ1) is 11.6. The predicted octanol–water partition coefficient (Wildman–Crippen LogP) is 2.65. The number of carboxylic acid groups (broad SMARTS) is 1. The minimum atomic E-state index is -0.988. The van der Waals surface area contributed by atoms with Crippen LogP contribution in [0.3, 0.4) is 0 Å². The van der Waals surface area contributed by atoms with Gasteiger partial charge in [-0.3, -0.25) is 4.57 Å². The number of ether oxygens (including phenoxy) is 1. The molecule has 0 radical (unpaired) electrons. The molecule has 1 aliphatic rings. The summed E-state index contributed by atoms with van der Waals surface area (Å²) in [5.41, 5.74) is 1.98. The lowest BCUT2D eigenvalue weighted by Crippen LogP contribution is -2.02. The molecule has 0 amide bonds. The molecule has 1 N–H and O–H groups in total.